The van der Waals surface area contributed by atoms with Crippen molar-refractivity contribution in [3.05, 3.63) is 65.4 Å². The van der Waals surface area contributed by atoms with Crippen molar-refractivity contribution in [3.8, 4) is 16.5 Å². The van der Waals surface area contributed by atoms with E-state index >= 15 is 0 Å². The number of hydrogen-bond acceptors (Lipinski definition) is 8. The lowest BCUT2D eigenvalue weighted by molar-refractivity contribution is 0.181. The molecule has 0 saturated carbocycles. The molecule has 0 bridgehead atoms. The summed E-state index contributed by atoms with van der Waals surface area (Å²) in [5.74, 6) is 1.71. The van der Waals surface area contributed by atoms with Gasteiger partial charge in [0.1, 0.15) is 17.8 Å². The van der Waals surface area contributed by atoms with Gasteiger partial charge < -0.3 is 13.6 Å². The fraction of sp³-hybridized carbons (Fsp3) is 0.167. The van der Waals surface area contributed by atoms with Crippen LogP contribution in [-0.2, 0) is 5.75 Å². The molecule has 0 fully saturated rings. The maximum atomic E-state index is 12.9. The van der Waals surface area contributed by atoms with Gasteiger partial charge in [-0.1, -0.05) is 17.8 Å². The van der Waals surface area contributed by atoms with Crippen LogP contribution in [0.4, 0.5) is 4.39 Å². The van der Waals surface area contributed by atoms with Crippen LogP contribution in [0.25, 0.3) is 10.8 Å². The van der Waals surface area contributed by atoms with Gasteiger partial charge in [-0.05, 0) is 42.6 Å². The van der Waals surface area contributed by atoms with Crippen molar-refractivity contribution in [1.29, 1.82) is 0 Å². The zero-order valence-electron chi connectivity index (χ0n) is 14.2. The average molecular weight is 403 g/mol. The highest BCUT2D eigenvalue weighted by molar-refractivity contribution is 7.98. The summed E-state index contributed by atoms with van der Waals surface area (Å²) < 4.78 is 29.7. The van der Waals surface area contributed by atoms with Gasteiger partial charge in [-0.2, -0.15) is 0 Å². The molecular formula is C18H14FN3O3S2. The number of aromatic nitrogens is 3. The number of thiophene rings is 1. The second-order valence-corrected chi connectivity index (χ2v) is 7.40. The monoisotopic (exact) mass is 403 g/mol. The minimum atomic E-state index is -0.449. The van der Waals surface area contributed by atoms with Gasteiger partial charge in [-0.3, -0.25) is 0 Å². The van der Waals surface area contributed by atoms with Crippen LogP contribution in [0.15, 0.2) is 62.1 Å². The molecule has 0 amide bonds. The van der Waals surface area contributed by atoms with Crippen LogP contribution in [-0.4, -0.2) is 15.2 Å². The van der Waals surface area contributed by atoms with Gasteiger partial charge in [0, 0.05) is 5.75 Å². The molecule has 3 heterocycles. The molecule has 4 aromatic rings. The van der Waals surface area contributed by atoms with Gasteiger partial charge in [0.15, 0.2) is 6.10 Å². The Balaban J connectivity index is 1.34. The van der Waals surface area contributed by atoms with Crippen LogP contribution >= 0.6 is 23.1 Å². The number of ether oxygens (including phenoxy) is 1. The van der Waals surface area contributed by atoms with Crippen LogP contribution < -0.4 is 4.74 Å². The first kappa shape index (κ1) is 17.7. The van der Waals surface area contributed by atoms with Gasteiger partial charge in [0.05, 0.1) is 10.6 Å². The molecule has 0 spiro atoms. The smallest absolute Gasteiger partial charge is 0.277 e. The Hall–Kier alpha value is -2.65. The van der Waals surface area contributed by atoms with Gasteiger partial charge in [0.25, 0.3) is 11.1 Å². The third-order valence-electron chi connectivity index (χ3n) is 3.52. The maximum absolute atomic E-state index is 12.9. The zero-order chi connectivity index (χ0) is 18.6. The molecule has 1 unspecified atom stereocenters. The molecule has 1 aromatic carbocycles. The summed E-state index contributed by atoms with van der Waals surface area (Å²) in [6.45, 7) is 1.79. The van der Waals surface area contributed by atoms with Gasteiger partial charge in [0.2, 0.25) is 5.89 Å². The van der Waals surface area contributed by atoms with Crippen LogP contribution in [0.1, 0.15) is 24.6 Å². The summed E-state index contributed by atoms with van der Waals surface area (Å²) in [6.07, 6.45) is 1.18. The SMILES string of the molecule is CC(Oc1ccc(F)cc1)c1nnc(SCc2coc(-c3cccs3)n2)o1. The Labute approximate surface area is 162 Å². The third kappa shape index (κ3) is 4.37. The first-order valence-electron chi connectivity index (χ1n) is 8.04. The molecule has 0 saturated heterocycles. The van der Waals surface area contributed by atoms with E-state index in [0.717, 1.165) is 10.6 Å². The number of oxazole rings is 1. The highest BCUT2D eigenvalue weighted by atomic mass is 32.2. The summed E-state index contributed by atoms with van der Waals surface area (Å²) >= 11 is 2.94. The summed E-state index contributed by atoms with van der Waals surface area (Å²) in [5.41, 5.74) is 0.791. The predicted molar refractivity (Wildman–Crippen MR) is 99.1 cm³/mol. The predicted octanol–water partition coefficient (Wildman–Crippen LogP) is 5.36. The molecule has 0 aliphatic heterocycles. The van der Waals surface area contributed by atoms with Gasteiger partial charge in [-0.15, -0.1) is 21.5 Å². The Morgan fingerprint density at radius 3 is 2.85 bits per heavy atom. The molecule has 1 atom stereocenters. The van der Waals surface area contributed by atoms with Crippen molar-refractivity contribution in [2.24, 2.45) is 0 Å². The number of thioether (sulfide) groups is 1. The van der Waals surface area contributed by atoms with E-state index in [0.29, 0.717) is 28.5 Å². The lowest BCUT2D eigenvalue weighted by Gasteiger charge is -2.10. The lowest BCUT2D eigenvalue weighted by atomic mass is 10.3. The van der Waals surface area contributed by atoms with Crippen molar-refractivity contribution in [2.75, 3.05) is 0 Å². The number of benzene rings is 1. The molecule has 0 aliphatic rings. The number of nitrogens with zero attached hydrogens (tertiary/aromatic N) is 3. The second kappa shape index (κ2) is 7.93. The number of halogens is 1. The summed E-state index contributed by atoms with van der Waals surface area (Å²) in [7, 11) is 0. The minimum Gasteiger partial charge on any atom is -0.481 e. The van der Waals surface area contributed by atoms with E-state index in [2.05, 4.69) is 15.2 Å². The topological polar surface area (TPSA) is 74.2 Å². The zero-order valence-corrected chi connectivity index (χ0v) is 15.8. The van der Waals surface area contributed by atoms with Gasteiger partial charge >= 0.3 is 0 Å². The quantitative estimate of drug-likeness (QED) is 0.385. The second-order valence-electron chi connectivity index (χ2n) is 5.53. The first-order chi connectivity index (χ1) is 13.2. The third-order valence-corrected chi connectivity index (χ3v) is 5.23. The Morgan fingerprint density at radius 1 is 1.22 bits per heavy atom. The number of hydrogen-bond donors (Lipinski definition) is 0. The van der Waals surface area contributed by atoms with E-state index in [1.54, 1.807) is 36.7 Å². The molecule has 0 aliphatic carbocycles. The number of rotatable bonds is 7. The molecule has 27 heavy (non-hydrogen) atoms. The van der Waals surface area contributed by atoms with Crippen molar-refractivity contribution < 1.29 is 18.0 Å². The highest BCUT2D eigenvalue weighted by Gasteiger charge is 2.17. The Kier molecular flexibility index (Phi) is 5.21. The maximum Gasteiger partial charge on any atom is 0.277 e. The lowest BCUT2D eigenvalue weighted by Crippen LogP contribution is -2.03. The van der Waals surface area contributed by atoms with Crippen molar-refractivity contribution in [1.82, 2.24) is 15.2 Å². The van der Waals surface area contributed by atoms with Crippen LogP contribution in [0.5, 0.6) is 5.75 Å². The Bertz CT molecular complexity index is 999. The molecule has 138 valence electrons. The molecule has 4 rings (SSSR count). The van der Waals surface area contributed by atoms with Crippen LogP contribution in [0.3, 0.4) is 0 Å². The van der Waals surface area contributed by atoms with Crippen molar-refractivity contribution in [2.45, 2.75) is 24.0 Å². The largest absolute Gasteiger partial charge is 0.481 e. The van der Waals surface area contributed by atoms with E-state index in [1.807, 2.05) is 17.5 Å². The first-order valence-corrected chi connectivity index (χ1v) is 9.90. The minimum absolute atomic E-state index is 0.318. The molecular weight excluding hydrogens is 389 g/mol. The van der Waals surface area contributed by atoms with E-state index in [4.69, 9.17) is 13.6 Å². The molecule has 0 N–H and O–H groups in total. The molecule has 3 aromatic heterocycles. The summed E-state index contributed by atoms with van der Waals surface area (Å²) in [4.78, 5) is 5.43. The fourth-order valence-corrected chi connectivity index (χ4v) is 3.54. The fourth-order valence-electron chi connectivity index (χ4n) is 2.23. The molecule has 0 radical (unpaired) electrons. The molecule has 6 nitrogen and oxygen atoms in total. The Morgan fingerprint density at radius 2 is 2.07 bits per heavy atom. The molecule has 9 heteroatoms. The van der Waals surface area contributed by atoms with Gasteiger partial charge in [-0.25, -0.2) is 9.37 Å². The summed E-state index contributed by atoms with van der Waals surface area (Å²) in [5, 5.41) is 10.4. The van der Waals surface area contributed by atoms with Crippen LogP contribution in [0, 0.1) is 5.82 Å². The highest BCUT2D eigenvalue weighted by Crippen LogP contribution is 2.28. The van der Waals surface area contributed by atoms with Crippen LogP contribution in [0.2, 0.25) is 0 Å². The van der Waals surface area contributed by atoms with E-state index in [-0.39, 0.29) is 5.82 Å². The van der Waals surface area contributed by atoms with E-state index < -0.39 is 6.10 Å². The van der Waals surface area contributed by atoms with E-state index in [9.17, 15) is 4.39 Å². The average Bonchev–Trinajstić information content (AvgIpc) is 3.42. The van der Waals surface area contributed by atoms with Crippen molar-refractivity contribution >= 4 is 23.1 Å². The standard InChI is InChI=1S/C18H14FN3O3S2/c1-11(24-14-6-4-12(19)5-7-14)16-21-22-18(25-16)27-10-13-9-23-17(20-13)15-3-2-8-26-15/h2-9,11H,10H2,1H3. The summed E-state index contributed by atoms with van der Waals surface area (Å²) in [6, 6.07) is 9.67. The van der Waals surface area contributed by atoms with Crippen molar-refractivity contribution in [3.63, 3.8) is 0 Å². The van der Waals surface area contributed by atoms with E-state index in [1.165, 1.54) is 23.9 Å². The normalized spacial score (nSPS) is 12.2.